The highest BCUT2D eigenvalue weighted by atomic mass is 32.1. The van der Waals surface area contributed by atoms with Crippen molar-refractivity contribution in [2.24, 2.45) is 5.41 Å². The molecule has 1 fully saturated rings. The van der Waals surface area contributed by atoms with Crippen LogP contribution in [0.3, 0.4) is 0 Å². The quantitative estimate of drug-likeness (QED) is 0.919. The van der Waals surface area contributed by atoms with Crippen LogP contribution >= 0.6 is 11.3 Å². The molecular formula is C14H18N2OS. The van der Waals surface area contributed by atoms with Crippen LogP contribution in [0.2, 0.25) is 0 Å². The van der Waals surface area contributed by atoms with E-state index in [2.05, 4.69) is 41.7 Å². The van der Waals surface area contributed by atoms with Gasteiger partial charge in [-0.05, 0) is 23.9 Å². The van der Waals surface area contributed by atoms with Crippen molar-refractivity contribution in [2.45, 2.75) is 32.4 Å². The highest BCUT2D eigenvalue weighted by Gasteiger charge is 2.48. The second kappa shape index (κ2) is 4.21. The number of hydrogen-bond acceptors (Lipinski definition) is 4. The van der Waals surface area contributed by atoms with Gasteiger partial charge in [0.25, 0.3) is 0 Å². The van der Waals surface area contributed by atoms with Gasteiger partial charge in [0.15, 0.2) is 0 Å². The highest BCUT2D eigenvalue weighted by molar-refractivity contribution is 7.17. The minimum Gasteiger partial charge on any atom is -0.381 e. The van der Waals surface area contributed by atoms with Crippen molar-refractivity contribution in [1.29, 1.82) is 0 Å². The van der Waals surface area contributed by atoms with E-state index in [0.29, 0.717) is 12.1 Å². The van der Waals surface area contributed by atoms with E-state index in [1.165, 1.54) is 10.1 Å². The smallest absolute Gasteiger partial charge is 0.134 e. The third-order valence-corrected chi connectivity index (χ3v) is 5.04. The molecule has 2 aromatic rings. The molecule has 96 valence electrons. The number of rotatable bonds is 3. The molecular weight excluding hydrogens is 244 g/mol. The van der Waals surface area contributed by atoms with Gasteiger partial charge in [-0.25, -0.2) is 4.98 Å². The lowest BCUT2D eigenvalue weighted by Gasteiger charge is -2.51. The Kier molecular flexibility index (Phi) is 2.79. The van der Waals surface area contributed by atoms with E-state index in [1.807, 2.05) is 6.20 Å². The summed E-state index contributed by atoms with van der Waals surface area (Å²) in [6.07, 6.45) is 3.27. The first-order valence-electron chi connectivity index (χ1n) is 6.24. The van der Waals surface area contributed by atoms with Crippen molar-refractivity contribution < 1.29 is 4.74 Å². The molecule has 0 aromatic carbocycles. The summed E-state index contributed by atoms with van der Waals surface area (Å²) < 4.78 is 6.77. The van der Waals surface area contributed by atoms with Crippen LogP contribution < -0.4 is 5.32 Å². The standard InChI is InChI=1S/C14H18N2OS/c1-14(2)11(8-12(14)17-3)16-13-9-5-7-18-10(9)4-6-15-13/h4-7,11-12H,8H2,1-3H3,(H,15,16). The zero-order valence-corrected chi connectivity index (χ0v) is 11.8. The van der Waals surface area contributed by atoms with Gasteiger partial charge in [-0.3, -0.25) is 0 Å². The number of fused-ring (bicyclic) bond motifs is 1. The average Bonchev–Trinajstić information content (AvgIpc) is 2.82. The van der Waals surface area contributed by atoms with Gasteiger partial charge >= 0.3 is 0 Å². The molecule has 2 heterocycles. The third kappa shape index (κ3) is 1.71. The Hall–Kier alpha value is -1.13. The summed E-state index contributed by atoms with van der Waals surface area (Å²) >= 11 is 1.75. The van der Waals surface area contributed by atoms with Crippen LogP contribution in [-0.2, 0) is 4.74 Å². The van der Waals surface area contributed by atoms with Gasteiger partial charge in [0, 0.05) is 34.8 Å². The zero-order chi connectivity index (χ0) is 12.8. The molecule has 0 spiro atoms. The molecule has 2 aromatic heterocycles. The van der Waals surface area contributed by atoms with Gasteiger partial charge in [0.05, 0.1) is 6.10 Å². The van der Waals surface area contributed by atoms with Gasteiger partial charge in [-0.1, -0.05) is 13.8 Å². The van der Waals surface area contributed by atoms with E-state index in [-0.39, 0.29) is 5.41 Å². The monoisotopic (exact) mass is 262 g/mol. The second-order valence-electron chi connectivity index (χ2n) is 5.47. The van der Waals surface area contributed by atoms with Gasteiger partial charge in [-0.15, -0.1) is 11.3 Å². The lowest BCUT2D eigenvalue weighted by atomic mass is 9.64. The van der Waals surface area contributed by atoms with Crippen molar-refractivity contribution >= 4 is 27.2 Å². The van der Waals surface area contributed by atoms with E-state index in [0.717, 1.165) is 12.2 Å². The van der Waals surface area contributed by atoms with E-state index >= 15 is 0 Å². The SMILES string of the molecule is COC1CC(Nc2nccc3sccc23)C1(C)C. The molecule has 1 aliphatic rings. The molecule has 0 radical (unpaired) electrons. The highest BCUT2D eigenvalue weighted by Crippen LogP contribution is 2.44. The first-order valence-corrected chi connectivity index (χ1v) is 7.12. The van der Waals surface area contributed by atoms with Gasteiger partial charge in [0.1, 0.15) is 5.82 Å². The zero-order valence-electron chi connectivity index (χ0n) is 10.9. The van der Waals surface area contributed by atoms with E-state index in [1.54, 1.807) is 18.4 Å². The number of aromatic nitrogens is 1. The fourth-order valence-corrected chi connectivity index (χ4v) is 3.49. The number of nitrogens with zero attached hydrogens (tertiary/aromatic N) is 1. The van der Waals surface area contributed by atoms with Crippen LogP contribution in [0, 0.1) is 5.41 Å². The molecule has 18 heavy (non-hydrogen) atoms. The molecule has 2 atom stereocenters. The van der Waals surface area contributed by atoms with Crippen LogP contribution in [0.5, 0.6) is 0 Å². The summed E-state index contributed by atoms with van der Waals surface area (Å²) in [6.45, 7) is 4.49. The van der Waals surface area contributed by atoms with Crippen LogP contribution in [0.4, 0.5) is 5.82 Å². The molecule has 0 saturated heterocycles. The largest absolute Gasteiger partial charge is 0.381 e. The minimum atomic E-state index is 0.161. The number of nitrogens with one attached hydrogen (secondary N) is 1. The fourth-order valence-electron chi connectivity index (χ4n) is 2.71. The molecule has 3 nitrogen and oxygen atoms in total. The maximum Gasteiger partial charge on any atom is 0.134 e. The predicted molar refractivity (Wildman–Crippen MR) is 76.2 cm³/mol. The van der Waals surface area contributed by atoms with Crippen LogP contribution in [-0.4, -0.2) is 24.2 Å². The van der Waals surface area contributed by atoms with Crippen molar-refractivity contribution in [3.63, 3.8) is 0 Å². The Balaban J connectivity index is 1.84. The summed E-state index contributed by atoms with van der Waals surface area (Å²) in [5.41, 5.74) is 0.161. The number of ether oxygens (including phenoxy) is 1. The Labute approximate surface area is 111 Å². The van der Waals surface area contributed by atoms with Crippen molar-refractivity contribution in [3.05, 3.63) is 23.7 Å². The minimum absolute atomic E-state index is 0.161. The summed E-state index contributed by atoms with van der Waals surface area (Å²) in [7, 11) is 1.79. The average molecular weight is 262 g/mol. The summed E-state index contributed by atoms with van der Waals surface area (Å²) in [6, 6.07) is 4.63. The molecule has 1 N–H and O–H groups in total. The Morgan fingerprint density at radius 3 is 3.00 bits per heavy atom. The molecule has 0 bridgehead atoms. The Morgan fingerprint density at radius 1 is 1.44 bits per heavy atom. The molecule has 1 saturated carbocycles. The lowest BCUT2D eigenvalue weighted by Crippen LogP contribution is -2.57. The normalized spacial score (nSPS) is 25.9. The summed E-state index contributed by atoms with van der Waals surface area (Å²) in [4.78, 5) is 4.47. The third-order valence-electron chi connectivity index (χ3n) is 4.15. The molecule has 2 unspecified atom stereocenters. The maximum absolute atomic E-state index is 5.48. The fraction of sp³-hybridized carbons (Fsp3) is 0.500. The van der Waals surface area contributed by atoms with Crippen molar-refractivity contribution in [2.75, 3.05) is 12.4 Å². The Morgan fingerprint density at radius 2 is 2.28 bits per heavy atom. The predicted octanol–water partition coefficient (Wildman–Crippen LogP) is 3.52. The molecule has 0 aliphatic heterocycles. The number of methoxy groups -OCH3 is 1. The molecule has 0 amide bonds. The molecule has 3 rings (SSSR count). The first-order chi connectivity index (χ1) is 8.63. The number of thiophene rings is 1. The van der Waals surface area contributed by atoms with Crippen LogP contribution in [0.15, 0.2) is 23.7 Å². The maximum atomic E-state index is 5.48. The van der Waals surface area contributed by atoms with Gasteiger partial charge in [-0.2, -0.15) is 0 Å². The van der Waals surface area contributed by atoms with Crippen molar-refractivity contribution in [1.82, 2.24) is 4.98 Å². The summed E-state index contributed by atoms with van der Waals surface area (Å²) in [5, 5.41) is 6.91. The Bertz CT molecular complexity index is 564. The topological polar surface area (TPSA) is 34.1 Å². The molecule has 1 aliphatic carbocycles. The van der Waals surface area contributed by atoms with Gasteiger partial charge in [0.2, 0.25) is 0 Å². The first kappa shape index (κ1) is 11.9. The van der Waals surface area contributed by atoms with Crippen LogP contribution in [0.1, 0.15) is 20.3 Å². The van der Waals surface area contributed by atoms with E-state index in [4.69, 9.17) is 4.74 Å². The van der Waals surface area contributed by atoms with Gasteiger partial charge < -0.3 is 10.1 Å². The van der Waals surface area contributed by atoms with Crippen molar-refractivity contribution in [3.8, 4) is 0 Å². The van der Waals surface area contributed by atoms with E-state index < -0.39 is 0 Å². The van der Waals surface area contributed by atoms with E-state index in [9.17, 15) is 0 Å². The number of anilines is 1. The molecule has 4 heteroatoms. The number of pyridine rings is 1. The lowest BCUT2D eigenvalue weighted by molar-refractivity contribution is -0.0795. The van der Waals surface area contributed by atoms with Crippen LogP contribution in [0.25, 0.3) is 10.1 Å². The second-order valence-corrected chi connectivity index (χ2v) is 6.42. The number of hydrogen-bond donors (Lipinski definition) is 1. The summed E-state index contributed by atoms with van der Waals surface area (Å²) in [5.74, 6) is 1.00.